The Morgan fingerprint density at radius 3 is 1.55 bits per heavy atom. The molecule has 0 rings (SSSR count). The lowest BCUT2D eigenvalue weighted by Crippen LogP contribution is -1.48. The monoisotopic (exact) mass is 154 g/mol. The zero-order chi connectivity index (χ0) is 9.54. The van der Waals surface area contributed by atoms with Gasteiger partial charge in [-0.25, -0.2) is 0 Å². The molecule has 0 aliphatic rings. The van der Waals surface area contributed by atoms with Crippen molar-refractivity contribution in [2.45, 2.75) is 34.1 Å². The molecule has 0 saturated carbocycles. The zero-order valence-corrected chi connectivity index (χ0v) is 8.43. The second-order valence-electron chi connectivity index (χ2n) is 1.50. The van der Waals surface area contributed by atoms with Crippen LogP contribution in [0.25, 0.3) is 0 Å². The maximum atomic E-state index is 3.55. The minimum Gasteiger partial charge on any atom is -0.103 e. The van der Waals surface area contributed by atoms with E-state index < -0.39 is 0 Å². The van der Waals surface area contributed by atoms with Crippen LogP contribution in [0.1, 0.15) is 34.1 Å². The maximum Gasteiger partial charge on any atom is -0.0172 e. The molecule has 0 saturated heterocycles. The summed E-state index contributed by atoms with van der Waals surface area (Å²) in [7, 11) is 0. The van der Waals surface area contributed by atoms with Gasteiger partial charge in [0.25, 0.3) is 0 Å². The molecular weight excluding hydrogens is 132 g/mol. The summed E-state index contributed by atoms with van der Waals surface area (Å²) < 4.78 is 0. The zero-order valence-electron chi connectivity index (χ0n) is 8.43. The summed E-state index contributed by atoms with van der Waals surface area (Å²) in [5.74, 6) is 0. The van der Waals surface area contributed by atoms with Gasteiger partial charge in [-0.15, -0.1) is 13.2 Å². The summed E-state index contributed by atoms with van der Waals surface area (Å²) >= 11 is 0. The van der Waals surface area contributed by atoms with E-state index in [2.05, 4.69) is 19.2 Å². The first kappa shape index (κ1) is 16.7. The van der Waals surface area contributed by atoms with Gasteiger partial charge in [0.05, 0.1) is 0 Å². The molecule has 0 radical (unpaired) electrons. The SMILES string of the molecule is C=CC.C=CC/C=C/C.CC. The van der Waals surface area contributed by atoms with E-state index in [1.807, 2.05) is 39.8 Å². The fourth-order valence-corrected chi connectivity index (χ4v) is 0.232. The molecule has 0 heteroatoms. The predicted molar refractivity (Wildman–Crippen MR) is 56.8 cm³/mol. The van der Waals surface area contributed by atoms with Gasteiger partial charge < -0.3 is 0 Å². The first-order chi connectivity index (χ1) is 5.33. The molecule has 0 aromatic heterocycles. The third-order valence-corrected chi connectivity index (χ3v) is 0.538. The lowest BCUT2D eigenvalue weighted by molar-refractivity contribution is 1.39. The molecule has 0 N–H and O–H groups in total. The third kappa shape index (κ3) is 97.5. The third-order valence-electron chi connectivity index (χ3n) is 0.538. The van der Waals surface area contributed by atoms with Gasteiger partial charge in [0.1, 0.15) is 0 Å². The van der Waals surface area contributed by atoms with E-state index in [4.69, 9.17) is 0 Å². The minimum atomic E-state index is 0.997. The molecule has 0 bridgehead atoms. The number of hydrogen-bond donors (Lipinski definition) is 0. The fourth-order valence-electron chi connectivity index (χ4n) is 0.232. The highest BCUT2D eigenvalue weighted by atomic mass is 13.6. The van der Waals surface area contributed by atoms with Crippen LogP contribution in [-0.4, -0.2) is 0 Å². The molecule has 66 valence electrons. The topological polar surface area (TPSA) is 0 Å². The van der Waals surface area contributed by atoms with E-state index in [0.29, 0.717) is 0 Å². The standard InChI is InChI=1S/C6H10.C3H6.C2H6/c1-3-5-6-4-2;1-3-2;1-2/h3-4,6H,1,5H2,2H3;3H,1H2,2H3;1-2H3/b6-4+;;. The van der Waals surface area contributed by atoms with Crippen LogP contribution in [0.15, 0.2) is 37.5 Å². The van der Waals surface area contributed by atoms with Gasteiger partial charge >= 0.3 is 0 Å². The summed E-state index contributed by atoms with van der Waals surface area (Å²) in [4.78, 5) is 0. The Kier molecular flexibility index (Phi) is 53.0. The molecule has 0 aliphatic carbocycles. The van der Waals surface area contributed by atoms with Gasteiger partial charge in [-0.3, -0.25) is 0 Å². The summed E-state index contributed by atoms with van der Waals surface area (Å²) in [6, 6.07) is 0. The Balaban J connectivity index is -0.000000109. The van der Waals surface area contributed by atoms with Gasteiger partial charge in [-0.2, -0.15) is 0 Å². The highest BCUT2D eigenvalue weighted by Crippen LogP contribution is 1.78. The van der Waals surface area contributed by atoms with Gasteiger partial charge in [-0.1, -0.05) is 38.2 Å². The Morgan fingerprint density at radius 1 is 1.09 bits per heavy atom. The van der Waals surface area contributed by atoms with Crippen molar-refractivity contribution in [2.24, 2.45) is 0 Å². The van der Waals surface area contributed by atoms with E-state index in [1.54, 1.807) is 6.08 Å². The average molecular weight is 154 g/mol. The van der Waals surface area contributed by atoms with Crippen LogP contribution in [0, 0.1) is 0 Å². The number of rotatable bonds is 2. The Morgan fingerprint density at radius 2 is 1.45 bits per heavy atom. The summed E-state index contributed by atoms with van der Waals surface area (Å²) in [6.45, 7) is 14.8. The van der Waals surface area contributed by atoms with Gasteiger partial charge in [0.15, 0.2) is 0 Å². The van der Waals surface area contributed by atoms with Crippen molar-refractivity contribution in [1.29, 1.82) is 0 Å². The molecule has 0 aromatic carbocycles. The quantitative estimate of drug-likeness (QED) is 0.518. The van der Waals surface area contributed by atoms with Crippen molar-refractivity contribution < 1.29 is 0 Å². The second kappa shape index (κ2) is 35.0. The van der Waals surface area contributed by atoms with Crippen molar-refractivity contribution in [3.8, 4) is 0 Å². The molecule has 0 heterocycles. The smallest absolute Gasteiger partial charge is 0.0172 e. The molecule has 0 aliphatic heterocycles. The van der Waals surface area contributed by atoms with Crippen LogP contribution in [0.3, 0.4) is 0 Å². The molecular formula is C11H22. The van der Waals surface area contributed by atoms with Crippen molar-refractivity contribution >= 4 is 0 Å². The maximum absolute atomic E-state index is 3.55. The van der Waals surface area contributed by atoms with Gasteiger partial charge in [0.2, 0.25) is 0 Å². The van der Waals surface area contributed by atoms with E-state index >= 15 is 0 Å². The molecule has 0 unspecified atom stereocenters. The summed E-state index contributed by atoms with van der Waals surface area (Å²) in [5, 5.41) is 0. The van der Waals surface area contributed by atoms with E-state index in [9.17, 15) is 0 Å². The molecule has 11 heavy (non-hydrogen) atoms. The lowest BCUT2D eigenvalue weighted by atomic mass is 10.4. The highest BCUT2D eigenvalue weighted by molar-refractivity contribution is 4.85. The highest BCUT2D eigenvalue weighted by Gasteiger charge is 1.57. The van der Waals surface area contributed by atoms with Crippen LogP contribution >= 0.6 is 0 Å². The summed E-state index contributed by atoms with van der Waals surface area (Å²) in [6.07, 6.45) is 8.70. The Bertz CT molecular complexity index is 78.0. The number of hydrogen-bond acceptors (Lipinski definition) is 0. The van der Waals surface area contributed by atoms with Crippen molar-refractivity contribution in [3.63, 3.8) is 0 Å². The molecule has 0 fully saturated rings. The van der Waals surface area contributed by atoms with Gasteiger partial charge in [0, 0.05) is 0 Å². The minimum absolute atomic E-state index is 0.997. The predicted octanol–water partition coefficient (Wildman–Crippen LogP) is 4.36. The number of allylic oxidation sites excluding steroid dienone is 4. The van der Waals surface area contributed by atoms with Crippen molar-refractivity contribution in [2.75, 3.05) is 0 Å². The molecule has 0 aromatic rings. The normalized spacial score (nSPS) is 6.91. The van der Waals surface area contributed by atoms with Crippen molar-refractivity contribution in [3.05, 3.63) is 37.5 Å². The van der Waals surface area contributed by atoms with Gasteiger partial charge in [-0.05, 0) is 20.3 Å². The fraction of sp³-hybridized carbons (Fsp3) is 0.455. The molecule has 0 spiro atoms. The molecule has 0 nitrogen and oxygen atoms in total. The first-order valence-electron chi connectivity index (χ1n) is 4.12. The average Bonchev–Trinajstić information content (AvgIpc) is 2.06. The van der Waals surface area contributed by atoms with E-state index in [-0.39, 0.29) is 0 Å². The van der Waals surface area contributed by atoms with Crippen LogP contribution in [-0.2, 0) is 0 Å². The van der Waals surface area contributed by atoms with Crippen LogP contribution < -0.4 is 0 Å². The van der Waals surface area contributed by atoms with Crippen LogP contribution in [0.5, 0.6) is 0 Å². The van der Waals surface area contributed by atoms with Crippen LogP contribution in [0.2, 0.25) is 0 Å². The summed E-state index contributed by atoms with van der Waals surface area (Å²) in [5.41, 5.74) is 0. The molecule has 0 amide bonds. The molecule has 0 atom stereocenters. The largest absolute Gasteiger partial charge is 0.103 e. The second-order valence-corrected chi connectivity index (χ2v) is 1.50. The Hall–Kier alpha value is -0.780. The van der Waals surface area contributed by atoms with E-state index in [1.165, 1.54) is 0 Å². The first-order valence-corrected chi connectivity index (χ1v) is 4.12. The van der Waals surface area contributed by atoms with E-state index in [0.717, 1.165) is 6.42 Å². The Labute approximate surface area is 72.3 Å². The van der Waals surface area contributed by atoms with Crippen molar-refractivity contribution in [1.82, 2.24) is 0 Å². The lowest BCUT2D eigenvalue weighted by Gasteiger charge is -1.69. The van der Waals surface area contributed by atoms with Crippen LogP contribution in [0.4, 0.5) is 0 Å².